The third-order valence-corrected chi connectivity index (χ3v) is 7.25. The van der Waals surface area contributed by atoms with E-state index >= 15 is 0 Å². The van der Waals surface area contributed by atoms with Crippen LogP contribution >= 0.6 is 12.6 Å². The van der Waals surface area contributed by atoms with E-state index in [2.05, 4.69) is 48.4 Å². The maximum absolute atomic E-state index is 12.2. The molecular weight excluding hydrogens is 464 g/mol. The second-order valence-electron chi connectivity index (χ2n) is 10.7. The lowest BCUT2D eigenvalue weighted by Crippen LogP contribution is -2.50. The highest BCUT2D eigenvalue weighted by atomic mass is 32.1. The molecule has 1 aliphatic heterocycles. The van der Waals surface area contributed by atoms with E-state index in [0.29, 0.717) is 24.5 Å². The fourth-order valence-corrected chi connectivity index (χ4v) is 5.16. The molecule has 0 aromatic rings. The lowest BCUT2D eigenvalue weighted by atomic mass is 9.82. The van der Waals surface area contributed by atoms with Gasteiger partial charge in [0, 0.05) is 37.8 Å². The fourth-order valence-electron chi connectivity index (χ4n) is 4.92. The number of alkyl carbamates (subject to hydrolysis) is 1. The van der Waals surface area contributed by atoms with Gasteiger partial charge in [-0.1, -0.05) is 23.8 Å². The van der Waals surface area contributed by atoms with Gasteiger partial charge in [-0.05, 0) is 71.8 Å². The molecule has 2 fully saturated rings. The largest absolute Gasteiger partial charge is 0.442 e. The molecule has 1 aliphatic carbocycles. The summed E-state index contributed by atoms with van der Waals surface area (Å²) in [4.78, 5) is 23.4. The van der Waals surface area contributed by atoms with Crippen molar-refractivity contribution in [3.63, 3.8) is 0 Å². The number of ether oxygens (including phenoxy) is 2. The van der Waals surface area contributed by atoms with Crippen LogP contribution in [0.15, 0.2) is 36.0 Å². The zero-order valence-electron chi connectivity index (χ0n) is 21.9. The zero-order valence-corrected chi connectivity index (χ0v) is 22.8. The van der Waals surface area contributed by atoms with Gasteiger partial charge in [-0.3, -0.25) is 4.79 Å². The summed E-state index contributed by atoms with van der Waals surface area (Å²) in [5, 5.41) is 16.2. The molecule has 2 aliphatic rings. The maximum atomic E-state index is 12.2. The van der Waals surface area contributed by atoms with Crippen LogP contribution in [0.4, 0.5) is 4.79 Å². The second-order valence-corrected chi connectivity index (χ2v) is 11.0. The van der Waals surface area contributed by atoms with E-state index in [1.165, 1.54) is 18.7 Å². The highest BCUT2D eigenvalue weighted by Crippen LogP contribution is 2.36. The van der Waals surface area contributed by atoms with Gasteiger partial charge in [-0.15, -0.1) is 0 Å². The van der Waals surface area contributed by atoms with Gasteiger partial charge in [0.1, 0.15) is 6.10 Å². The highest BCUT2D eigenvalue weighted by Gasteiger charge is 2.42. The molecule has 0 aromatic heterocycles. The molecule has 198 valence electrons. The predicted octanol–water partition coefficient (Wildman–Crippen LogP) is 4.47. The summed E-state index contributed by atoms with van der Waals surface area (Å²) in [6, 6.07) is 0.181. The molecule has 1 heterocycles. The SMILES string of the molecule is CNC(=O)O[C@@H](C)/C=C\C(=O)NC1CCC(C/C=C(C)/C=C/[C@@H]2C[C@](O)(CS)CC(C)(C)O2)CC1. The molecule has 3 N–H and O–H groups in total. The molecule has 3 atom stereocenters. The van der Waals surface area contributed by atoms with Crippen molar-refractivity contribution < 1.29 is 24.2 Å². The second kappa shape index (κ2) is 13.5. The Hall–Kier alpha value is -1.77. The molecule has 0 unspecified atom stereocenters. The smallest absolute Gasteiger partial charge is 0.407 e. The monoisotopic (exact) mass is 508 g/mol. The topological polar surface area (TPSA) is 96.9 Å². The summed E-state index contributed by atoms with van der Waals surface area (Å²) in [6.45, 7) is 7.84. The summed E-state index contributed by atoms with van der Waals surface area (Å²) < 4.78 is 11.2. The van der Waals surface area contributed by atoms with Crippen LogP contribution in [-0.2, 0) is 14.3 Å². The molecule has 0 spiro atoms. The van der Waals surface area contributed by atoms with E-state index in [-0.39, 0.29) is 23.7 Å². The van der Waals surface area contributed by atoms with Gasteiger partial charge in [-0.25, -0.2) is 4.79 Å². The number of hydrogen-bond donors (Lipinski definition) is 4. The minimum absolute atomic E-state index is 0.120. The molecule has 2 rings (SSSR count). The van der Waals surface area contributed by atoms with E-state index in [0.717, 1.165) is 32.1 Å². The lowest BCUT2D eigenvalue weighted by Gasteiger charge is -2.44. The first-order chi connectivity index (χ1) is 16.4. The average molecular weight is 509 g/mol. The summed E-state index contributed by atoms with van der Waals surface area (Å²) >= 11 is 4.34. The van der Waals surface area contributed by atoms with Crippen molar-refractivity contribution in [2.75, 3.05) is 12.8 Å². The van der Waals surface area contributed by atoms with Crippen LogP contribution in [0, 0.1) is 5.92 Å². The van der Waals surface area contributed by atoms with Gasteiger partial charge in [-0.2, -0.15) is 12.6 Å². The summed E-state index contributed by atoms with van der Waals surface area (Å²) in [7, 11) is 1.49. The number of thiol groups is 1. The number of allylic oxidation sites excluding steroid dienone is 3. The fraction of sp³-hybridized carbons (Fsp3) is 0.704. The van der Waals surface area contributed by atoms with Crippen molar-refractivity contribution in [2.45, 2.75) is 102 Å². The zero-order chi connectivity index (χ0) is 26.1. The maximum Gasteiger partial charge on any atom is 0.407 e. The van der Waals surface area contributed by atoms with Gasteiger partial charge >= 0.3 is 6.09 Å². The normalized spacial score (nSPS) is 30.3. The Balaban J connectivity index is 1.73. The molecule has 35 heavy (non-hydrogen) atoms. The third-order valence-electron chi connectivity index (χ3n) is 6.66. The van der Waals surface area contributed by atoms with Gasteiger partial charge in [0.15, 0.2) is 0 Å². The van der Waals surface area contributed by atoms with Crippen LogP contribution in [0.25, 0.3) is 0 Å². The molecule has 8 heteroatoms. The number of amides is 2. The first-order valence-electron chi connectivity index (χ1n) is 12.7. The Bertz CT molecular complexity index is 801. The number of aliphatic hydroxyl groups is 1. The van der Waals surface area contributed by atoms with Crippen LogP contribution in [0.2, 0.25) is 0 Å². The van der Waals surface area contributed by atoms with Crippen LogP contribution < -0.4 is 10.6 Å². The average Bonchev–Trinajstić information content (AvgIpc) is 2.79. The number of carbonyl (C=O) groups excluding carboxylic acids is 2. The van der Waals surface area contributed by atoms with Crippen LogP contribution in [0.5, 0.6) is 0 Å². The van der Waals surface area contributed by atoms with Gasteiger partial charge < -0.3 is 25.2 Å². The van der Waals surface area contributed by atoms with E-state index in [1.807, 2.05) is 13.8 Å². The Morgan fingerprint density at radius 1 is 1.23 bits per heavy atom. The first kappa shape index (κ1) is 29.5. The van der Waals surface area contributed by atoms with Crippen LogP contribution in [-0.4, -0.2) is 59.4 Å². The summed E-state index contributed by atoms with van der Waals surface area (Å²) in [6.07, 6.45) is 14.6. The third kappa shape index (κ3) is 10.8. The van der Waals surface area contributed by atoms with Crippen molar-refractivity contribution in [1.29, 1.82) is 0 Å². The summed E-state index contributed by atoms with van der Waals surface area (Å²) in [5.74, 6) is 0.894. The highest BCUT2D eigenvalue weighted by molar-refractivity contribution is 7.80. The minimum atomic E-state index is -0.793. The molecule has 0 bridgehead atoms. The van der Waals surface area contributed by atoms with E-state index < -0.39 is 17.8 Å². The minimum Gasteiger partial charge on any atom is -0.442 e. The Kier molecular flexibility index (Phi) is 11.4. The Morgan fingerprint density at radius 2 is 1.91 bits per heavy atom. The van der Waals surface area contributed by atoms with Crippen molar-refractivity contribution >= 4 is 24.6 Å². The standard InChI is InChI=1S/C27H44N2O5S/c1-19(7-14-23-16-27(32,18-35)17-26(3,4)34-23)6-9-21-10-12-22(13-11-21)29-24(30)15-8-20(2)33-25(31)28-5/h6-8,14-15,20-23,32,35H,9-13,16-18H2,1-5H3,(H,28,31)(H,29,30)/b14-7+,15-8-,19-6+/t20-,21?,22?,23+,27+/m0/s1. The van der Waals surface area contributed by atoms with Gasteiger partial charge in [0.05, 0.1) is 17.3 Å². The van der Waals surface area contributed by atoms with E-state index in [4.69, 9.17) is 9.47 Å². The molecule has 0 radical (unpaired) electrons. The molecule has 1 saturated carbocycles. The number of carbonyl (C=O) groups is 2. The molecule has 1 saturated heterocycles. The predicted molar refractivity (Wildman–Crippen MR) is 143 cm³/mol. The molecular formula is C27H44N2O5S. The van der Waals surface area contributed by atoms with Crippen molar-refractivity contribution in [2.24, 2.45) is 5.92 Å². The Labute approximate surface area is 216 Å². The molecule has 7 nitrogen and oxygen atoms in total. The quantitative estimate of drug-likeness (QED) is 0.209. The first-order valence-corrected chi connectivity index (χ1v) is 13.3. The molecule has 2 amide bonds. The molecule has 0 aromatic carbocycles. The van der Waals surface area contributed by atoms with Gasteiger partial charge in [0.25, 0.3) is 0 Å². The van der Waals surface area contributed by atoms with E-state index in [9.17, 15) is 14.7 Å². The lowest BCUT2D eigenvalue weighted by molar-refractivity contribution is -0.159. The van der Waals surface area contributed by atoms with Crippen molar-refractivity contribution in [1.82, 2.24) is 10.6 Å². The number of hydrogen-bond acceptors (Lipinski definition) is 6. The van der Waals surface area contributed by atoms with Crippen LogP contribution in [0.3, 0.4) is 0 Å². The number of rotatable bonds is 9. The van der Waals surface area contributed by atoms with E-state index in [1.54, 1.807) is 13.0 Å². The Morgan fingerprint density at radius 3 is 2.54 bits per heavy atom. The van der Waals surface area contributed by atoms with Crippen LogP contribution in [0.1, 0.15) is 72.6 Å². The van der Waals surface area contributed by atoms with Crippen molar-refractivity contribution in [3.05, 3.63) is 36.0 Å². The van der Waals surface area contributed by atoms with Gasteiger partial charge in [0.2, 0.25) is 5.91 Å². The van der Waals surface area contributed by atoms with Crippen molar-refractivity contribution in [3.8, 4) is 0 Å². The summed E-state index contributed by atoms with van der Waals surface area (Å²) in [5.41, 5.74) is 0.0305. The number of nitrogens with one attached hydrogen (secondary N) is 2.